The van der Waals surface area contributed by atoms with Crippen LogP contribution in [0.4, 0.5) is 0 Å². The number of hydrogen-bond donors (Lipinski definition) is 2. The number of quaternary nitrogens is 1. The predicted molar refractivity (Wildman–Crippen MR) is 116 cm³/mol. The Morgan fingerprint density at radius 1 is 1.28 bits per heavy atom. The van der Waals surface area contributed by atoms with E-state index in [-0.39, 0.29) is 11.2 Å². The molecule has 1 unspecified atom stereocenters. The van der Waals surface area contributed by atoms with E-state index in [9.17, 15) is 9.90 Å². The van der Waals surface area contributed by atoms with E-state index in [1.54, 1.807) is 12.1 Å². The zero-order valence-corrected chi connectivity index (χ0v) is 17.1. The molecule has 0 saturated carbocycles. The normalized spacial score (nSPS) is 19.8. The molecule has 0 radical (unpaired) electrons. The van der Waals surface area contributed by atoms with Crippen molar-refractivity contribution in [3.05, 3.63) is 58.4 Å². The van der Waals surface area contributed by atoms with Gasteiger partial charge in [-0.05, 0) is 37.1 Å². The number of piperidine rings is 1. The fraction of sp³-hybridized carbons (Fsp3) is 0.304. The summed E-state index contributed by atoms with van der Waals surface area (Å²) in [4.78, 5) is 19.3. The highest BCUT2D eigenvalue weighted by atomic mass is 32.1. The van der Waals surface area contributed by atoms with Crippen molar-refractivity contribution in [2.75, 3.05) is 13.1 Å². The first kappa shape index (κ1) is 18.3. The summed E-state index contributed by atoms with van der Waals surface area (Å²) in [6.07, 6.45) is 3.94. The zero-order valence-electron chi connectivity index (χ0n) is 16.3. The first-order valence-corrected chi connectivity index (χ1v) is 10.9. The van der Waals surface area contributed by atoms with Crippen molar-refractivity contribution in [3.63, 3.8) is 0 Å². The summed E-state index contributed by atoms with van der Waals surface area (Å²) < 4.78 is 6.99. The molecule has 29 heavy (non-hydrogen) atoms. The molecule has 5 rings (SSSR count). The van der Waals surface area contributed by atoms with Crippen LogP contribution in [0.5, 0.6) is 5.75 Å². The molecule has 1 aliphatic rings. The third-order valence-corrected chi connectivity index (χ3v) is 6.90. The number of phenolic OH excluding ortho intramolecular Hbond substituents is 1. The van der Waals surface area contributed by atoms with Crippen molar-refractivity contribution in [2.45, 2.75) is 26.3 Å². The van der Waals surface area contributed by atoms with E-state index in [1.165, 1.54) is 35.3 Å². The average molecular weight is 408 g/mol. The molecular weight excluding hydrogens is 384 g/mol. The molecule has 3 heterocycles. The summed E-state index contributed by atoms with van der Waals surface area (Å²) in [5.41, 5.74) is 2.45. The lowest BCUT2D eigenvalue weighted by atomic mass is 9.99. The summed E-state index contributed by atoms with van der Waals surface area (Å²) in [5, 5.41) is 11.7. The number of nitrogens with zero attached hydrogens (tertiary/aromatic N) is 1. The monoisotopic (exact) mass is 407 g/mol. The second-order valence-electron chi connectivity index (χ2n) is 8.03. The van der Waals surface area contributed by atoms with Crippen molar-refractivity contribution in [3.8, 4) is 16.3 Å². The van der Waals surface area contributed by atoms with Gasteiger partial charge in [0.2, 0.25) is 5.43 Å². The van der Waals surface area contributed by atoms with Crippen LogP contribution in [0.15, 0.2) is 51.9 Å². The second-order valence-corrected chi connectivity index (χ2v) is 9.06. The van der Waals surface area contributed by atoms with E-state index in [4.69, 9.17) is 4.42 Å². The van der Waals surface area contributed by atoms with E-state index >= 15 is 0 Å². The number of nitrogens with one attached hydrogen (secondary N) is 1. The molecule has 1 aliphatic heterocycles. The van der Waals surface area contributed by atoms with E-state index in [2.05, 4.69) is 11.9 Å². The molecule has 6 heteroatoms. The van der Waals surface area contributed by atoms with Gasteiger partial charge in [-0.25, -0.2) is 4.98 Å². The SMILES string of the molecule is C[C@@H]1CCC[NH+](Cc2c(O)ccc3c(=O)c(-c4nc5ccccc5s4)coc23)C1. The van der Waals surface area contributed by atoms with Crippen molar-refractivity contribution in [2.24, 2.45) is 5.92 Å². The summed E-state index contributed by atoms with van der Waals surface area (Å²) in [7, 11) is 0. The van der Waals surface area contributed by atoms with E-state index in [0.29, 0.717) is 34.0 Å². The Morgan fingerprint density at radius 2 is 2.14 bits per heavy atom. The lowest BCUT2D eigenvalue weighted by Crippen LogP contribution is -3.12. The first-order chi connectivity index (χ1) is 14.1. The van der Waals surface area contributed by atoms with Gasteiger partial charge < -0.3 is 14.4 Å². The molecule has 2 atom stereocenters. The first-order valence-electron chi connectivity index (χ1n) is 10.1. The summed E-state index contributed by atoms with van der Waals surface area (Å²) >= 11 is 1.48. The third-order valence-electron chi connectivity index (χ3n) is 5.84. The summed E-state index contributed by atoms with van der Waals surface area (Å²) in [5.74, 6) is 0.868. The van der Waals surface area contributed by atoms with Crippen LogP contribution < -0.4 is 10.3 Å². The molecule has 2 N–H and O–H groups in total. The molecule has 4 aromatic rings. The van der Waals surface area contributed by atoms with Crippen molar-refractivity contribution in [1.82, 2.24) is 4.98 Å². The van der Waals surface area contributed by atoms with E-state index in [0.717, 1.165) is 28.9 Å². The molecular formula is C23H23N2O3S+. The van der Waals surface area contributed by atoms with Crippen LogP contribution in [0.25, 0.3) is 31.8 Å². The fourth-order valence-electron chi connectivity index (χ4n) is 4.36. The number of fused-ring (bicyclic) bond motifs is 2. The Kier molecular flexibility index (Phi) is 4.60. The number of hydrogen-bond acceptors (Lipinski definition) is 5. The molecule has 0 bridgehead atoms. The Bertz CT molecular complexity index is 1230. The van der Waals surface area contributed by atoms with Crippen LogP contribution in [0.1, 0.15) is 25.3 Å². The maximum absolute atomic E-state index is 13.2. The Balaban J connectivity index is 1.59. The van der Waals surface area contributed by atoms with Crippen LogP contribution >= 0.6 is 11.3 Å². The standard InChI is InChI=1S/C23H22N2O3S/c1-14-5-4-10-25(11-14)12-16-19(26)9-8-15-21(27)17(13-28-22(15)16)23-24-18-6-2-3-7-20(18)29-23/h2-3,6-9,13-14,26H,4-5,10-12H2,1H3/p+1/t14-/m1/s1. The van der Waals surface area contributed by atoms with Crippen LogP contribution in [-0.4, -0.2) is 23.2 Å². The lowest BCUT2D eigenvalue weighted by Gasteiger charge is -2.28. The minimum atomic E-state index is -0.103. The van der Waals surface area contributed by atoms with Gasteiger partial charge in [0, 0.05) is 5.92 Å². The topological polar surface area (TPSA) is 67.8 Å². The molecule has 148 valence electrons. The molecule has 1 fully saturated rings. The Morgan fingerprint density at radius 3 is 2.97 bits per heavy atom. The fourth-order valence-corrected chi connectivity index (χ4v) is 5.33. The van der Waals surface area contributed by atoms with Gasteiger partial charge in [0.15, 0.2) is 0 Å². The number of rotatable bonds is 3. The van der Waals surface area contributed by atoms with Gasteiger partial charge in [0.05, 0.1) is 39.8 Å². The maximum Gasteiger partial charge on any atom is 0.202 e. The quantitative estimate of drug-likeness (QED) is 0.545. The van der Waals surface area contributed by atoms with Crippen molar-refractivity contribution < 1.29 is 14.4 Å². The van der Waals surface area contributed by atoms with E-state index < -0.39 is 0 Å². The largest absolute Gasteiger partial charge is 0.507 e. The minimum absolute atomic E-state index is 0.103. The van der Waals surface area contributed by atoms with Gasteiger partial charge in [0.25, 0.3) is 0 Å². The highest BCUT2D eigenvalue weighted by molar-refractivity contribution is 7.21. The molecule has 0 amide bonds. The smallest absolute Gasteiger partial charge is 0.202 e. The van der Waals surface area contributed by atoms with Gasteiger partial charge in [0.1, 0.15) is 29.1 Å². The van der Waals surface area contributed by atoms with Crippen LogP contribution in [0, 0.1) is 5.92 Å². The number of phenols is 1. The third kappa shape index (κ3) is 3.32. The average Bonchev–Trinajstić information content (AvgIpc) is 3.14. The van der Waals surface area contributed by atoms with Crippen molar-refractivity contribution in [1.29, 1.82) is 0 Å². The molecule has 0 spiro atoms. The highest BCUT2D eigenvalue weighted by Crippen LogP contribution is 2.31. The van der Waals surface area contributed by atoms with E-state index in [1.807, 2.05) is 24.3 Å². The number of para-hydroxylation sites is 1. The van der Waals surface area contributed by atoms with Gasteiger partial charge >= 0.3 is 0 Å². The zero-order chi connectivity index (χ0) is 20.0. The Hall–Kier alpha value is -2.70. The van der Waals surface area contributed by atoms with Gasteiger partial charge in [-0.3, -0.25) is 4.79 Å². The summed E-state index contributed by atoms with van der Waals surface area (Å²) in [6.45, 7) is 5.08. The van der Waals surface area contributed by atoms with Gasteiger partial charge in [-0.15, -0.1) is 11.3 Å². The van der Waals surface area contributed by atoms with Gasteiger partial charge in [-0.2, -0.15) is 0 Å². The molecule has 0 aliphatic carbocycles. The molecule has 1 saturated heterocycles. The second kappa shape index (κ2) is 7.28. The highest BCUT2D eigenvalue weighted by Gasteiger charge is 2.24. The summed E-state index contributed by atoms with van der Waals surface area (Å²) in [6, 6.07) is 11.1. The number of thiazole rings is 1. The van der Waals surface area contributed by atoms with Crippen LogP contribution in [-0.2, 0) is 6.54 Å². The predicted octanol–water partition coefficient (Wildman–Crippen LogP) is 3.59. The van der Waals surface area contributed by atoms with Crippen LogP contribution in [0.3, 0.4) is 0 Å². The maximum atomic E-state index is 13.2. The number of aromatic nitrogens is 1. The molecule has 2 aromatic carbocycles. The molecule has 5 nitrogen and oxygen atoms in total. The minimum Gasteiger partial charge on any atom is -0.507 e. The molecule has 2 aromatic heterocycles. The lowest BCUT2D eigenvalue weighted by molar-refractivity contribution is -0.922. The Labute approximate surface area is 172 Å². The van der Waals surface area contributed by atoms with Gasteiger partial charge in [-0.1, -0.05) is 19.1 Å². The number of benzene rings is 2. The van der Waals surface area contributed by atoms with Crippen LogP contribution in [0.2, 0.25) is 0 Å². The number of likely N-dealkylation sites (tertiary alicyclic amines) is 1. The van der Waals surface area contributed by atoms with Crippen molar-refractivity contribution >= 4 is 32.5 Å². The number of aromatic hydroxyl groups is 1.